The van der Waals surface area contributed by atoms with Gasteiger partial charge in [0.2, 0.25) is 0 Å². The number of pyridine rings is 1. The fourth-order valence-corrected chi connectivity index (χ4v) is 2.42. The molecule has 0 saturated heterocycles. The first-order valence-corrected chi connectivity index (χ1v) is 6.05. The second-order valence-electron chi connectivity index (χ2n) is 5.51. The van der Waals surface area contributed by atoms with Crippen molar-refractivity contribution >= 4 is 10.9 Å². The molecule has 0 bridgehead atoms. The minimum Gasteiger partial charge on any atom is -0.313 e. The average molecular weight is 228 g/mol. The van der Waals surface area contributed by atoms with Gasteiger partial charge in [0.15, 0.2) is 0 Å². The average Bonchev–Trinajstić information content (AvgIpc) is 2.28. The Kier molecular flexibility index (Phi) is 3.16. The van der Waals surface area contributed by atoms with Crippen LogP contribution in [0.25, 0.3) is 10.9 Å². The maximum atomic E-state index is 4.41. The minimum absolute atomic E-state index is 0.179. The van der Waals surface area contributed by atoms with E-state index in [4.69, 9.17) is 0 Å². The number of aromatic nitrogens is 1. The zero-order valence-electron chi connectivity index (χ0n) is 11.0. The number of nitrogens with one attached hydrogen (secondary N) is 1. The second kappa shape index (κ2) is 4.46. The molecule has 2 aromatic rings. The van der Waals surface area contributed by atoms with Crippen LogP contribution < -0.4 is 5.32 Å². The smallest absolute Gasteiger partial charge is 0.0705 e. The summed E-state index contributed by atoms with van der Waals surface area (Å²) in [5.41, 5.74) is 2.57. The van der Waals surface area contributed by atoms with Crippen molar-refractivity contribution in [1.82, 2.24) is 10.3 Å². The molecule has 0 radical (unpaired) electrons. The monoisotopic (exact) mass is 228 g/mol. The van der Waals surface area contributed by atoms with Crippen LogP contribution in [0.3, 0.4) is 0 Å². The minimum atomic E-state index is 0.179. The topological polar surface area (TPSA) is 24.9 Å². The molecule has 1 atom stereocenters. The Morgan fingerprint density at radius 1 is 1.12 bits per heavy atom. The van der Waals surface area contributed by atoms with Gasteiger partial charge >= 0.3 is 0 Å². The van der Waals surface area contributed by atoms with Gasteiger partial charge < -0.3 is 5.32 Å². The molecular formula is C15H20N2. The largest absolute Gasteiger partial charge is 0.313 e. The van der Waals surface area contributed by atoms with Gasteiger partial charge in [0, 0.05) is 17.6 Å². The molecule has 0 aliphatic heterocycles. The predicted molar refractivity (Wildman–Crippen MR) is 73.0 cm³/mol. The van der Waals surface area contributed by atoms with Gasteiger partial charge in [-0.1, -0.05) is 39.0 Å². The molecule has 0 spiro atoms. The van der Waals surface area contributed by atoms with Gasteiger partial charge in [0.1, 0.15) is 0 Å². The fourth-order valence-electron chi connectivity index (χ4n) is 2.42. The lowest BCUT2D eigenvalue weighted by atomic mass is 9.81. The molecule has 1 heterocycles. The van der Waals surface area contributed by atoms with Crippen molar-refractivity contribution in [3.63, 3.8) is 0 Å². The third kappa shape index (κ3) is 2.32. The van der Waals surface area contributed by atoms with E-state index in [1.807, 2.05) is 19.3 Å². The molecule has 0 amide bonds. The SMILES string of the molecule is CNC(c1ccnc2ccccc12)C(C)(C)C. The van der Waals surface area contributed by atoms with Crippen molar-refractivity contribution < 1.29 is 0 Å². The Bertz CT molecular complexity index is 506. The molecule has 2 rings (SSSR count). The van der Waals surface area contributed by atoms with Crippen LogP contribution in [-0.2, 0) is 0 Å². The van der Waals surface area contributed by atoms with Crippen LogP contribution in [0, 0.1) is 5.41 Å². The van der Waals surface area contributed by atoms with Crippen molar-refractivity contribution in [3.05, 3.63) is 42.1 Å². The number of benzene rings is 1. The van der Waals surface area contributed by atoms with E-state index in [1.54, 1.807) is 0 Å². The summed E-state index contributed by atoms with van der Waals surface area (Å²) >= 11 is 0. The van der Waals surface area contributed by atoms with E-state index in [1.165, 1.54) is 10.9 Å². The Balaban J connectivity index is 2.62. The van der Waals surface area contributed by atoms with Crippen molar-refractivity contribution in [1.29, 1.82) is 0 Å². The standard InChI is InChI=1S/C15H20N2/c1-15(2,3)14(16-4)12-9-10-17-13-8-6-5-7-11(12)13/h5-10,14,16H,1-4H3. The first-order valence-electron chi connectivity index (χ1n) is 6.05. The number of rotatable bonds is 2. The summed E-state index contributed by atoms with van der Waals surface area (Å²) in [6.07, 6.45) is 1.90. The molecule has 90 valence electrons. The van der Waals surface area contributed by atoms with Gasteiger partial charge in [0.05, 0.1) is 5.52 Å². The summed E-state index contributed by atoms with van der Waals surface area (Å²) in [6.45, 7) is 6.76. The van der Waals surface area contributed by atoms with Crippen LogP contribution in [0.5, 0.6) is 0 Å². The Morgan fingerprint density at radius 3 is 2.47 bits per heavy atom. The molecule has 1 aromatic carbocycles. The van der Waals surface area contributed by atoms with Crippen LogP contribution in [-0.4, -0.2) is 12.0 Å². The van der Waals surface area contributed by atoms with Crippen molar-refractivity contribution in [3.8, 4) is 0 Å². The van der Waals surface area contributed by atoms with E-state index >= 15 is 0 Å². The van der Waals surface area contributed by atoms with Gasteiger partial charge in [-0.2, -0.15) is 0 Å². The summed E-state index contributed by atoms with van der Waals surface area (Å²) in [4.78, 5) is 4.41. The molecule has 1 aromatic heterocycles. The highest BCUT2D eigenvalue weighted by molar-refractivity contribution is 5.82. The van der Waals surface area contributed by atoms with Crippen LogP contribution in [0.1, 0.15) is 32.4 Å². The lowest BCUT2D eigenvalue weighted by Gasteiger charge is -2.31. The summed E-state index contributed by atoms with van der Waals surface area (Å²) in [6, 6.07) is 10.8. The number of hydrogen-bond donors (Lipinski definition) is 1. The third-order valence-electron chi connectivity index (χ3n) is 3.15. The summed E-state index contributed by atoms with van der Waals surface area (Å²) in [5.74, 6) is 0. The number of nitrogens with zero attached hydrogens (tertiary/aromatic N) is 1. The molecule has 0 aliphatic rings. The molecule has 2 nitrogen and oxygen atoms in total. The predicted octanol–water partition coefficient (Wildman–Crippen LogP) is 3.54. The van der Waals surface area contributed by atoms with Gasteiger partial charge in [0.25, 0.3) is 0 Å². The van der Waals surface area contributed by atoms with Crippen LogP contribution in [0.15, 0.2) is 36.5 Å². The lowest BCUT2D eigenvalue weighted by Crippen LogP contribution is -2.29. The molecule has 1 unspecified atom stereocenters. The van der Waals surface area contributed by atoms with Gasteiger partial charge in [-0.25, -0.2) is 0 Å². The molecular weight excluding hydrogens is 208 g/mol. The van der Waals surface area contributed by atoms with Crippen molar-refractivity contribution in [2.24, 2.45) is 5.41 Å². The molecule has 0 aliphatic carbocycles. The zero-order chi connectivity index (χ0) is 12.5. The molecule has 2 heteroatoms. The maximum Gasteiger partial charge on any atom is 0.0705 e. The van der Waals surface area contributed by atoms with Crippen molar-refractivity contribution in [2.45, 2.75) is 26.8 Å². The Labute approximate surface area is 103 Å². The van der Waals surface area contributed by atoms with Crippen LogP contribution in [0.4, 0.5) is 0 Å². The highest BCUT2D eigenvalue weighted by Gasteiger charge is 2.25. The number of hydrogen-bond acceptors (Lipinski definition) is 2. The zero-order valence-corrected chi connectivity index (χ0v) is 11.0. The van der Waals surface area contributed by atoms with Gasteiger partial charge in [-0.05, 0) is 30.2 Å². The summed E-state index contributed by atoms with van der Waals surface area (Å²) < 4.78 is 0. The van der Waals surface area contributed by atoms with Gasteiger partial charge in [-0.15, -0.1) is 0 Å². The third-order valence-corrected chi connectivity index (χ3v) is 3.15. The first kappa shape index (κ1) is 12.1. The lowest BCUT2D eigenvalue weighted by molar-refractivity contribution is 0.288. The van der Waals surface area contributed by atoms with E-state index in [-0.39, 0.29) is 5.41 Å². The number of fused-ring (bicyclic) bond motifs is 1. The maximum absolute atomic E-state index is 4.41. The van der Waals surface area contributed by atoms with Gasteiger partial charge in [-0.3, -0.25) is 4.98 Å². The van der Waals surface area contributed by atoms with Crippen LogP contribution in [0.2, 0.25) is 0 Å². The quantitative estimate of drug-likeness (QED) is 0.850. The normalized spacial score (nSPS) is 13.9. The summed E-state index contributed by atoms with van der Waals surface area (Å²) in [5, 5.41) is 4.66. The molecule has 0 saturated carbocycles. The Morgan fingerprint density at radius 2 is 1.82 bits per heavy atom. The van der Waals surface area contributed by atoms with Crippen molar-refractivity contribution in [2.75, 3.05) is 7.05 Å². The summed E-state index contributed by atoms with van der Waals surface area (Å²) in [7, 11) is 2.02. The number of para-hydroxylation sites is 1. The van der Waals surface area contributed by atoms with E-state index < -0.39 is 0 Å². The van der Waals surface area contributed by atoms with E-state index in [0.717, 1.165) is 5.52 Å². The first-order chi connectivity index (χ1) is 8.04. The Hall–Kier alpha value is -1.41. The molecule has 1 N–H and O–H groups in total. The molecule has 0 fully saturated rings. The molecule has 17 heavy (non-hydrogen) atoms. The highest BCUT2D eigenvalue weighted by Crippen LogP contribution is 2.35. The highest BCUT2D eigenvalue weighted by atomic mass is 14.9. The second-order valence-corrected chi connectivity index (χ2v) is 5.51. The van der Waals surface area contributed by atoms with E-state index in [2.05, 4.69) is 55.3 Å². The van der Waals surface area contributed by atoms with E-state index in [0.29, 0.717) is 6.04 Å². The van der Waals surface area contributed by atoms with E-state index in [9.17, 15) is 0 Å². The van der Waals surface area contributed by atoms with Crippen LogP contribution >= 0.6 is 0 Å². The fraction of sp³-hybridized carbons (Fsp3) is 0.400.